The number of hydrogen-bond acceptors (Lipinski definition) is 5. The first-order valence-corrected chi connectivity index (χ1v) is 6.31. The molecule has 17 heavy (non-hydrogen) atoms. The summed E-state index contributed by atoms with van der Waals surface area (Å²) in [5, 5.41) is 0. The van der Waals surface area contributed by atoms with Gasteiger partial charge in [-0.05, 0) is 53.7 Å². The van der Waals surface area contributed by atoms with E-state index in [9.17, 15) is 4.79 Å². The second-order valence-corrected chi connectivity index (χ2v) is 6.03. The quantitative estimate of drug-likeness (QED) is 0.454. The van der Waals surface area contributed by atoms with Crippen molar-refractivity contribution in [2.45, 2.75) is 65.2 Å². The van der Waals surface area contributed by atoms with E-state index in [0.29, 0.717) is 12.2 Å². The number of nitrogens with one attached hydrogen (secondary N) is 1. The van der Waals surface area contributed by atoms with E-state index in [4.69, 9.17) is 10.9 Å². The van der Waals surface area contributed by atoms with Gasteiger partial charge in [-0.15, -0.1) is 0 Å². The Hall–Kier alpha value is -0.260. The maximum absolute atomic E-state index is 11.9. The Kier molecular flexibility index (Phi) is 5.76. The van der Waals surface area contributed by atoms with Gasteiger partial charge in [0, 0.05) is 1.37 Å². The van der Waals surface area contributed by atoms with Crippen LogP contribution in [0.5, 0.6) is 0 Å². The molecule has 102 valence electrons. The first-order valence-electron chi connectivity index (χ1n) is 6.38. The van der Waals surface area contributed by atoms with Crippen molar-refractivity contribution in [2.75, 3.05) is 5.75 Å². The molecule has 0 saturated heterocycles. The minimum atomic E-state index is -0.642. The fourth-order valence-corrected chi connectivity index (χ4v) is 1.22. The van der Waals surface area contributed by atoms with Crippen molar-refractivity contribution in [3.63, 3.8) is 0 Å². The highest BCUT2D eigenvalue weighted by atomic mass is 32.1. The molecular formula is C12H25NO3S. The van der Waals surface area contributed by atoms with Gasteiger partial charge in [-0.1, -0.05) is 0 Å². The van der Waals surface area contributed by atoms with Crippen molar-refractivity contribution in [2.24, 2.45) is 0 Å². The van der Waals surface area contributed by atoms with Crippen LogP contribution in [-0.4, -0.2) is 29.0 Å². The zero-order valence-corrected chi connectivity index (χ0v) is 12.3. The van der Waals surface area contributed by atoms with Gasteiger partial charge in [0.1, 0.15) is 11.6 Å². The minimum Gasteiger partial charge on any atom is -0.459 e. The number of carbonyl (C=O) groups excluding carboxylic acids is 1. The third-order valence-electron chi connectivity index (χ3n) is 1.59. The minimum absolute atomic E-state index is 0.0991. The lowest BCUT2D eigenvalue weighted by Crippen LogP contribution is -2.44. The molecule has 0 amide bonds. The van der Waals surface area contributed by atoms with Gasteiger partial charge >= 0.3 is 5.97 Å². The summed E-state index contributed by atoms with van der Waals surface area (Å²) in [6, 6.07) is -0.562. The number of rotatable bonds is 5. The monoisotopic (exact) mass is 264 g/mol. The van der Waals surface area contributed by atoms with Crippen LogP contribution < -0.4 is 5.48 Å². The van der Waals surface area contributed by atoms with Gasteiger partial charge in [-0.2, -0.15) is 18.1 Å². The van der Waals surface area contributed by atoms with Crippen LogP contribution >= 0.6 is 12.6 Å². The second-order valence-electron chi connectivity index (χ2n) is 5.58. The van der Waals surface area contributed by atoms with Gasteiger partial charge in [0.2, 0.25) is 0 Å². The molecule has 0 aromatic rings. The lowest BCUT2D eigenvalue weighted by atomic mass is 10.1. The molecule has 5 heteroatoms. The molecule has 0 fully saturated rings. The molecule has 0 spiro atoms. The van der Waals surface area contributed by atoms with Crippen LogP contribution in [0.2, 0.25) is 0 Å². The van der Waals surface area contributed by atoms with Gasteiger partial charge in [-0.25, -0.2) is 0 Å². The molecule has 0 unspecified atom stereocenters. The lowest BCUT2D eigenvalue weighted by molar-refractivity contribution is -0.167. The normalized spacial score (nSPS) is 15.3. The van der Waals surface area contributed by atoms with Crippen molar-refractivity contribution in [1.29, 1.82) is 0 Å². The van der Waals surface area contributed by atoms with Gasteiger partial charge in [0.05, 0.1) is 5.60 Å². The summed E-state index contributed by atoms with van der Waals surface area (Å²) in [6.45, 7) is 9.10. The van der Waals surface area contributed by atoms with Crippen LogP contribution in [0.4, 0.5) is 0 Å². The summed E-state index contributed by atoms with van der Waals surface area (Å²) < 4.78 is 12.6. The number of esters is 1. The molecule has 1 atom stereocenters. The summed E-state index contributed by atoms with van der Waals surface area (Å²) in [5.74, 6) is 0.180. The van der Waals surface area contributed by atoms with Crippen molar-refractivity contribution in [3.8, 4) is 0 Å². The molecule has 0 aromatic carbocycles. The predicted molar refractivity (Wildman–Crippen MR) is 72.1 cm³/mol. The fourth-order valence-electron chi connectivity index (χ4n) is 0.958. The Morgan fingerprint density at radius 1 is 1.35 bits per heavy atom. The Morgan fingerprint density at radius 3 is 2.35 bits per heavy atom. The van der Waals surface area contributed by atoms with Gasteiger partial charge in [-0.3, -0.25) is 9.63 Å². The molecule has 0 aliphatic carbocycles. The first-order chi connectivity index (χ1) is 8.11. The van der Waals surface area contributed by atoms with Crippen molar-refractivity contribution in [3.05, 3.63) is 0 Å². The first kappa shape index (κ1) is 14.8. The molecule has 1 N–H and O–H groups in total. The number of carbonyl (C=O) groups is 1. The van der Waals surface area contributed by atoms with Gasteiger partial charge in [0.25, 0.3) is 0 Å². The number of ether oxygens (including phenoxy) is 1. The average Bonchev–Trinajstić information content (AvgIpc) is 2.21. The Balaban J connectivity index is 4.43. The molecule has 0 heterocycles. The molecule has 0 aromatic heterocycles. The maximum Gasteiger partial charge on any atom is 0.326 e. The fraction of sp³-hybridized carbons (Fsp3) is 0.917. The van der Waals surface area contributed by atoms with E-state index in [-0.39, 0.29) is 12.9 Å². The summed E-state index contributed by atoms with van der Waals surface area (Å²) in [5.41, 5.74) is 1.52. The molecule has 4 nitrogen and oxygen atoms in total. The molecule has 0 aliphatic heterocycles. The topological polar surface area (TPSA) is 47.6 Å². The van der Waals surface area contributed by atoms with E-state index in [2.05, 4.69) is 18.1 Å². The Bertz CT molecular complexity index is 267. The SMILES string of the molecule is [2H]CC(C)(C)ON[C@@H](CCS)C(=O)OC(C)(C)C. The Labute approximate surface area is 111 Å². The second kappa shape index (κ2) is 6.61. The maximum atomic E-state index is 11.9. The number of hydrogen-bond donors (Lipinski definition) is 2. The molecular weight excluding hydrogens is 238 g/mol. The Morgan fingerprint density at radius 2 is 1.94 bits per heavy atom. The average molecular weight is 264 g/mol. The van der Waals surface area contributed by atoms with E-state index in [1.807, 2.05) is 20.8 Å². The molecule has 0 bridgehead atoms. The zero-order valence-electron chi connectivity index (χ0n) is 12.4. The van der Waals surface area contributed by atoms with Crippen molar-refractivity contribution < 1.29 is 15.7 Å². The number of thiol groups is 1. The largest absolute Gasteiger partial charge is 0.459 e. The van der Waals surface area contributed by atoms with Crippen molar-refractivity contribution >= 4 is 18.6 Å². The predicted octanol–water partition coefficient (Wildman–Crippen LogP) is 2.34. The summed E-state index contributed by atoms with van der Waals surface area (Å²) in [7, 11) is 0. The van der Waals surface area contributed by atoms with E-state index in [1.165, 1.54) is 0 Å². The smallest absolute Gasteiger partial charge is 0.326 e. The van der Waals surface area contributed by atoms with E-state index >= 15 is 0 Å². The van der Waals surface area contributed by atoms with E-state index in [0.717, 1.165) is 0 Å². The lowest BCUT2D eigenvalue weighted by Gasteiger charge is -2.27. The van der Waals surface area contributed by atoms with E-state index < -0.39 is 17.2 Å². The van der Waals surface area contributed by atoms with Crippen LogP contribution in [0, 0.1) is 0 Å². The zero-order chi connectivity index (χ0) is 14.4. The third kappa shape index (κ3) is 9.44. The molecule has 0 rings (SSSR count). The van der Waals surface area contributed by atoms with Crippen LogP contribution in [0.25, 0.3) is 0 Å². The summed E-state index contributed by atoms with van der Waals surface area (Å²) in [4.78, 5) is 17.3. The third-order valence-corrected chi connectivity index (χ3v) is 1.84. The van der Waals surface area contributed by atoms with Crippen LogP contribution in [-0.2, 0) is 14.4 Å². The van der Waals surface area contributed by atoms with Crippen LogP contribution in [0.1, 0.15) is 49.3 Å². The molecule has 0 aliphatic rings. The summed E-state index contributed by atoms with van der Waals surface area (Å²) >= 11 is 4.11. The van der Waals surface area contributed by atoms with Crippen LogP contribution in [0.3, 0.4) is 0 Å². The van der Waals surface area contributed by atoms with Gasteiger partial charge < -0.3 is 4.74 Å². The van der Waals surface area contributed by atoms with Gasteiger partial charge in [0.15, 0.2) is 0 Å². The highest BCUT2D eigenvalue weighted by molar-refractivity contribution is 7.80. The molecule has 0 saturated carbocycles. The van der Waals surface area contributed by atoms with E-state index in [1.54, 1.807) is 13.8 Å². The van der Waals surface area contributed by atoms with Crippen LogP contribution in [0.15, 0.2) is 0 Å². The van der Waals surface area contributed by atoms with Crippen molar-refractivity contribution in [1.82, 2.24) is 5.48 Å². The molecule has 0 radical (unpaired) electrons. The standard InChI is InChI=1S/C12H25NO3S/c1-11(2,3)15-10(14)9(7-8-17)13-16-12(4,5)6/h9,13,17H,7-8H2,1-6H3/t9-/m0/s1/i4D. The highest BCUT2D eigenvalue weighted by Crippen LogP contribution is 2.11. The number of hydroxylamine groups is 1. The summed E-state index contributed by atoms with van der Waals surface area (Å²) in [6.07, 6.45) is 0.506. The highest BCUT2D eigenvalue weighted by Gasteiger charge is 2.26.